The molecular weight excluding hydrogens is 320 g/mol. The van der Waals surface area contributed by atoms with Crippen LogP contribution in [0.5, 0.6) is 5.75 Å². The lowest BCUT2D eigenvalue weighted by atomic mass is 10.2. The van der Waals surface area contributed by atoms with Gasteiger partial charge in [-0.15, -0.1) is 11.3 Å². The lowest BCUT2D eigenvalue weighted by Crippen LogP contribution is -2.14. The van der Waals surface area contributed by atoms with Gasteiger partial charge in [0, 0.05) is 16.6 Å². The third kappa shape index (κ3) is 4.00. The molecule has 4 nitrogen and oxygen atoms in total. The number of hydrogen-bond acceptors (Lipinski definition) is 4. The Morgan fingerprint density at radius 2 is 1.83 bits per heavy atom. The van der Waals surface area contributed by atoms with Crippen LogP contribution in [-0.2, 0) is 11.2 Å². The van der Waals surface area contributed by atoms with Crippen molar-refractivity contribution in [1.82, 2.24) is 4.98 Å². The van der Waals surface area contributed by atoms with Crippen molar-refractivity contribution in [3.05, 3.63) is 64.5 Å². The van der Waals surface area contributed by atoms with Crippen molar-refractivity contribution in [2.75, 3.05) is 12.4 Å². The van der Waals surface area contributed by atoms with E-state index in [1.54, 1.807) is 7.11 Å². The Balaban J connectivity index is 1.64. The summed E-state index contributed by atoms with van der Waals surface area (Å²) in [6.07, 6.45) is 0.273. The molecule has 1 aromatic heterocycles. The van der Waals surface area contributed by atoms with Crippen molar-refractivity contribution in [1.29, 1.82) is 0 Å². The zero-order valence-electron chi connectivity index (χ0n) is 13.6. The number of aryl methyl sites for hydroxylation is 1. The number of benzene rings is 2. The molecule has 0 spiro atoms. The van der Waals surface area contributed by atoms with Crippen molar-refractivity contribution in [2.24, 2.45) is 0 Å². The normalized spacial score (nSPS) is 10.4. The summed E-state index contributed by atoms with van der Waals surface area (Å²) in [4.78, 5) is 16.7. The van der Waals surface area contributed by atoms with Crippen molar-refractivity contribution in [2.45, 2.75) is 13.3 Å². The third-order valence-corrected chi connectivity index (χ3v) is 4.43. The molecule has 0 fully saturated rings. The number of methoxy groups -OCH3 is 1. The SMILES string of the molecule is COc1ccc(-c2csc(CC(=O)Nc3ccc(C)cc3)n2)cc1. The van der Waals surface area contributed by atoms with Crippen LogP contribution in [0.1, 0.15) is 10.6 Å². The van der Waals surface area contributed by atoms with E-state index in [0.717, 1.165) is 33.3 Å². The third-order valence-electron chi connectivity index (χ3n) is 3.58. The van der Waals surface area contributed by atoms with Crippen LogP contribution >= 0.6 is 11.3 Å². The van der Waals surface area contributed by atoms with Gasteiger partial charge in [0.1, 0.15) is 10.8 Å². The number of aromatic nitrogens is 1. The van der Waals surface area contributed by atoms with E-state index in [4.69, 9.17) is 4.74 Å². The molecule has 24 heavy (non-hydrogen) atoms. The molecule has 0 atom stereocenters. The van der Waals surface area contributed by atoms with Crippen molar-refractivity contribution < 1.29 is 9.53 Å². The molecule has 3 aromatic rings. The Morgan fingerprint density at radius 1 is 1.12 bits per heavy atom. The zero-order valence-corrected chi connectivity index (χ0v) is 14.4. The lowest BCUT2D eigenvalue weighted by Gasteiger charge is -2.04. The molecule has 122 valence electrons. The molecule has 2 aromatic carbocycles. The van der Waals surface area contributed by atoms with Gasteiger partial charge >= 0.3 is 0 Å². The second kappa shape index (κ2) is 7.27. The topological polar surface area (TPSA) is 51.2 Å². The monoisotopic (exact) mass is 338 g/mol. The van der Waals surface area contributed by atoms with Gasteiger partial charge in [0.2, 0.25) is 5.91 Å². The maximum Gasteiger partial charge on any atom is 0.231 e. The van der Waals surface area contributed by atoms with Gasteiger partial charge in [-0.3, -0.25) is 4.79 Å². The number of carbonyl (C=O) groups excluding carboxylic acids is 1. The first-order chi connectivity index (χ1) is 11.6. The fraction of sp³-hybridized carbons (Fsp3) is 0.158. The minimum absolute atomic E-state index is 0.0607. The van der Waals surface area contributed by atoms with Gasteiger partial charge < -0.3 is 10.1 Å². The molecule has 1 heterocycles. The maximum absolute atomic E-state index is 12.1. The van der Waals surface area contributed by atoms with Gasteiger partial charge in [0.15, 0.2) is 0 Å². The molecule has 0 saturated heterocycles. The number of hydrogen-bond donors (Lipinski definition) is 1. The van der Waals surface area contributed by atoms with Gasteiger partial charge in [0.05, 0.1) is 19.2 Å². The molecule has 3 rings (SSSR count). The van der Waals surface area contributed by atoms with Crippen LogP contribution in [0, 0.1) is 6.92 Å². The molecule has 0 bridgehead atoms. The Labute approximate surface area is 145 Å². The molecule has 1 N–H and O–H groups in total. The summed E-state index contributed by atoms with van der Waals surface area (Å²) in [6.45, 7) is 2.02. The predicted molar refractivity (Wildman–Crippen MR) is 97.6 cm³/mol. The second-order valence-electron chi connectivity index (χ2n) is 5.45. The minimum Gasteiger partial charge on any atom is -0.497 e. The van der Waals surface area contributed by atoms with Crippen LogP contribution in [0.2, 0.25) is 0 Å². The fourth-order valence-corrected chi connectivity index (χ4v) is 3.07. The highest BCUT2D eigenvalue weighted by Gasteiger charge is 2.09. The highest BCUT2D eigenvalue weighted by Crippen LogP contribution is 2.24. The van der Waals surface area contributed by atoms with Gasteiger partial charge in [-0.25, -0.2) is 4.98 Å². The second-order valence-corrected chi connectivity index (χ2v) is 6.39. The van der Waals surface area contributed by atoms with Crippen molar-refractivity contribution in [3.63, 3.8) is 0 Å². The van der Waals surface area contributed by atoms with Crippen LogP contribution in [0.15, 0.2) is 53.9 Å². The highest BCUT2D eigenvalue weighted by molar-refractivity contribution is 7.10. The standard InChI is InChI=1S/C19H18N2O2S/c1-13-3-7-15(8-4-13)20-18(22)11-19-21-17(12-24-19)14-5-9-16(23-2)10-6-14/h3-10,12H,11H2,1-2H3,(H,20,22). The van der Waals surface area contributed by atoms with Crippen LogP contribution in [-0.4, -0.2) is 18.0 Å². The molecule has 1 amide bonds. The molecule has 0 aliphatic heterocycles. The predicted octanol–water partition coefficient (Wildman–Crippen LogP) is 4.31. The van der Waals surface area contributed by atoms with E-state index in [9.17, 15) is 4.79 Å². The summed E-state index contributed by atoms with van der Waals surface area (Å²) in [5.74, 6) is 0.751. The fourth-order valence-electron chi connectivity index (χ4n) is 2.27. The van der Waals surface area contributed by atoms with Crippen molar-refractivity contribution >= 4 is 22.9 Å². The molecule has 0 radical (unpaired) electrons. The number of thiazole rings is 1. The van der Waals surface area contributed by atoms with Gasteiger partial charge in [-0.1, -0.05) is 17.7 Å². The maximum atomic E-state index is 12.1. The first kappa shape index (κ1) is 16.2. The molecule has 0 aliphatic rings. The molecular formula is C19H18N2O2S. The highest BCUT2D eigenvalue weighted by atomic mass is 32.1. The van der Waals surface area contributed by atoms with Crippen molar-refractivity contribution in [3.8, 4) is 17.0 Å². The largest absolute Gasteiger partial charge is 0.497 e. The van der Waals surface area contributed by atoms with E-state index >= 15 is 0 Å². The van der Waals surface area contributed by atoms with Crippen LogP contribution in [0.25, 0.3) is 11.3 Å². The summed E-state index contributed by atoms with van der Waals surface area (Å²) < 4.78 is 5.16. The number of rotatable bonds is 5. The first-order valence-corrected chi connectivity index (χ1v) is 8.47. The Kier molecular flexibility index (Phi) is 4.91. The van der Waals surface area contributed by atoms with Gasteiger partial charge in [-0.2, -0.15) is 0 Å². The van der Waals surface area contributed by atoms with Gasteiger partial charge in [-0.05, 0) is 43.3 Å². The Morgan fingerprint density at radius 3 is 2.50 bits per heavy atom. The number of nitrogens with one attached hydrogen (secondary N) is 1. The Hall–Kier alpha value is -2.66. The number of nitrogens with zero attached hydrogens (tertiary/aromatic N) is 1. The average Bonchev–Trinajstić information content (AvgIpc) is 3.05. The summed E-state index contributed by atoms with van der Waals surface area (Å²) in [7, 11) is 1.64. The minimum atomic E-state index is -0.0607. The zero-order chi connectivity index (χ0) is 16.9. The smallest absolute Gasteiger partial charge is 0.231 e. The number of carbonyl (C=O) groups is 1. The van der Waals surface area contributed by atoms with E-state index in [1.165, 1.54) is 11.3 Å². The summed E-state index contributed by atoms with van der Waals surface area (Å²) in [5.41, 5.74) is 3.85. The quantitative estimate of drug-likeness (QED) is 0.754. The first-order valence-electron chi connectivity index (χ1n) is 7.59. The molecule has 0 aliphatic carbocycles. The molecule has 0 unspecified atom stereocenters. The Bertz CT molecular complexity index is 823. The van der Waals surface area contributed by atoms with Crippen LogP contribution in [0.4, 0.5) is 5.69 Å². The lowest BCUT2D eigenvalue weighted by molar-refractivity contribution is -0.115. The summed E-state index contributed by atoms with van der Waals surface area (Å²) in [5, 5.41) is 5.66. The average molecular weight is 338 g/mol. The van der Waals surface area contributed by atoms with E-state index in [2.05, 4.69) is 10.3 Å². The van der Waals surface area contributed by atoms with Crippen LogP contribution in [0.3, 0.4) is 0 Å². The van der Waals surface area contributed by atoms with E-state index in [1.807, 2.05) is 60.8 Å². The summed E-state index contributed by atoms with van der Waals surface area (Å²) >= 11 is 1.49. The van der Waals surface area contributed by atoms with E-state index in [0.29, 0.717) is 0 Å². The van der Waals surface area contributed by atoms with E-state index < -0.39 is 0 Å². The number of amides is 1. The number of anilines is 1. The molecule has 0 saturated carbocycles. The van der Waals surface area contributed by atoms with E-state index in [-0.39, 0.29) is 12.3 Å². The van der Waals surface area contributed by atoms with Crippen LogP contribution < -0.4 is 10.1 Å². The van der Waals surface area contributed by atoms with Gasteiger partial charge in [0.25, 0.3) is 0 Å². The number of ether oxygens (including phenoxy) is 1. The molecule has 5 heteroatoms. The summed E-state index contributed by atoms with van der Waals surface area (Å²) in [6, 6.07) is 15.5.